The van der Waals surface area contributed by atoms with Crippen molar-refractivity contribution in [1.82, 2.24) is 5.32 Å². The lowest BCUT2D eigenvalue weighted by Crippen LogP contribution is -2.29. The third-order valence-electron chi connectivity index (χ3n) is 3.70. The average molecular weight is 203 g/mol. The molecule has 1 heterocycles. The van der Waals surface area contributed by atoms with Crippen molar-refractivity contribution >= 4 is 11.8 Å². The number of hydrogen-bond donors (Lipinski definition) is 1. The Kier molecular flexibility index (Phi) is 1.67. The lowest BCUT2D eigenvalue weighted by atomic mass is 9.82. The third-order valence-corrected chi connectivity index (χ3v) is 3.70. The van der Waals surface area contributed by atoms with Crippen molar-refractivity contribution in [1.29, 1.82) is 0 Å². The number of hydrogen-bond acceptors (Lipinski definition) is 2. The maximum Gasteiger partial charge on any atom is 0.233 e. The van der Waals surface area contributed by atoms with Gasteiger partial charge >= 0.3 is 0 Å². The van der Waals surface area contributed by atoms with Gasteiger partial charge in [-0.2, -0.15) is 0 Å². The highest BCUT2D eigenvalue weighted by Gasteiger charge is 2.50. The molecule has 1 saturated heterocycles. The normalized spacial score (nSPS) is 33.9. The van der Waals surface area contributed by atoms with E-state index >= 15 is 0 Å². The summed E-state index contributed by atoms with van der Waals surface area (Å²) in [5.41, 5.74) is 2.27. The quantitative estimate of drug-likeness (QED) is 0.606. The van der Waals surface area contributed by atoms with Gasteiger partial charge in [0.2, 0.25) is 11.8 Å². The summed E-state index contributed by atoms with van der Waals surface area (Å²) < 4.78 is 0. The minimum absolute atomic E-state index is 0.0599. The van der Waals surface area contributed by atoms with Crippen LogP contribution in [-0.4, -0.2) is 11.8 Å². The number of imide groups is 1. The van der Waals surface area contributed by atoms with Crippen LogP contribution in [0.4, 0.5) is 0 Å². The molecule has 2 aliphatic carbocycles. The highest BCUT2D eigenvalue weighted by atomic mass is 16.2. The Morgan fingerprint density at radius 1 is 1.20 bits per heavy atom. The van der Waals surface area contributed by atoms with E-state index in [9.17, 15) is 9.59 Å². The van der Waals surface area contributed by atoms with Crippen molar-refractivity contribution in [3.8, 4) is 0 Å². The van der Waals surface area contributed by atoms with Crippen molar-refractivity contribution < 1.29 is 9.59 Å². The number of carbonyl (C=O) groups is 2. The first-order chi connectivity index (χ1) is 7.20. The molecule has 3 nitrogen and oxygen atoms in total. The molecule has 3 aliphatic rings. The number of nitrogens with one attached hydrogen (secondary N) is 1. The molecule has 1 N–H and O–H groups in total. The number of allylic oxidation sites excluding steroid dienone is 4. The van der Waals surface area contributed by atoms with Gasteiger partial charge in [-0.1, -0.05) is 17.7 Å². The van der Waals surface area contributed by atoms with Crippen molar-refractivity contribution in [3.05, 3.63) is 23.3 Å². The van der Waals surface area contributed by atoms with Crippen molar-refractivity contribution in [2.45, 2.75) is 32.1 Å². The molecule has 1 atom stereocenters. The van der Waals surface area contributed by atoms with Gasteiger partial charge < -0.3 is 0 Å². The molecule has 1 fully saturated rings. The smallest absolute Gasteiger partial charge is 0.233 e. The first-order valence-corrected chi connectivity index (χ1v) is 5.41. The van der Waals surface area contributed by atoms with E-state index in [4.69, 9.17) is 0 Å². The predicted molar refractivity (Wildman–Crippen MR) is 54.8 cm³/mol. The van der Waals surface area contributed by atoms with Crippen LogP contribution in [0.15, 0.2) is 23.3 Å². The highest BCUT2D eigenvalue weighted by Crippen LogP contribution is 2.49. The zero-order valence-electron chi connectivity index (χ0n) is 8.51. The molecule has 0 radical (unpaired) electrons. The Labute approximate surface area is 88.2 Å². The summed E-state index contributed by atoms with van der Waals surface area (Å²) in [6.07, 6.45) is 8.36. The van der Waals surface area contributed by atoms with E-state index in [0.717, 1.165) is 25.7 Å². The molecule has 0 saturated carbocycles. The summed E-state index contributed by atoms with van der Waals surface area (Å²) in [7, 11) is 0. The molecule has 0 bridgehead atoms. The topological polar surface area (TPSA) is 46.2 Å². The van der Waals surface area contributed by atoms with Gasteiger partial charge in [-0.05, 0) is 31.3 Å². The van der Waals surface area contributed by atoms with E-state index in [-0.39, 0.29) is 11.8 Å². The van der Waals surface area contributed by atoms with Gasteiger partial charge in [-0.15, -0.1) is 0 Å². The fraction of sp³-hybridized carbons (Fsp3) is 0.500. The fourth-order valence-corrected chi connectivity index (χ4v) is 2.96. The lowest BCUT2D eigenvalue weighted by Gasteiger charge is -2.18. The van der Waals surface area contributed by atoms with Crippen LogP contribution in [0.5, 0.6) is 0 Å². The van der Waals surface area contributed by atoms with Gasteiger partial charge in [0, 0.05) is 6.42 Å². The molecule has 1 aliphatic heterocycles. The van der Waals surface area contributed by atoms with E-state index in [2.05, 4.69) is 17.5 Å². The number of rotatable bonds is 0. The van der Waals surface area contributed by atoms with E-state index in [0.29, 0.717) is 6.42 Å². The van der Waals surface area contributed by atoms with Crippen molar-refractivity contribution in [2.75, 3.05) is 0 Å². The maximum absolute atomic E-state index is 11.8. The molecular weight excluding hydrogens is 190 g/mol. The summed E-state index contributed by atoms with van der Waals surface area (Å²) in [5.74, 6) is -0.167. The molecule has 0 aromatic rings. The molecule has 0 aromatic heterocycles. The molecule has 3 heteroatoms. The summed E-state index contributed by atoms with van der Waals surface area (Å²) in [6, 6.07) is 0. The van der Waals surface area contributed by atoms with Gasteiger partial charge in [0.25, 0.3) is 0 Å². The largest absolute Gasteiger partial charge is 0.296 e. The third kappa shape index (κ3) is 1.19. The fourth-order valence-electron chi connectivity index (χ4n) is 2.96. The van der Waals surface area contributed by atoms with Crippen LogP contribution >= 0.6 is 0 Å². The van der Waals surface area contributed by atoms with Gasteiger partial charge in [0.15, 0.2) is 0 Å². The van der Waals surface area contributed by atoms with Crippen LogP contribution in [-0.2, 0) is 9.59 Å². The standard InChI is InChI=1S/C12H13NO2/c14-10-7-12(11(15)13-10)5-8-3-1-2-4-9(8)6-12/h1,3H,2,4-7H2,(H,13,14,15). The zero-order valence-corrected chi connectivity index (χ0v) is 8.51. The minimum atomic E-state index is -0.420. The van der Waals surface area contributed by atoms with Crippen LogP contribution in [0.3, 0.4) is 0 Å². The summed E-state index contributed by atoms with van der Waals surface area (Å²) in [5, 5.41) is 2.43. The summed E-state index contributed by atoms with van der Waals surface area (Å²) in [6.45, 7) is 0. The molecule has 1 spiro atoms. The Morgan fingerprint density at radius 3 is 2.73 bits per heavy atom. The Bertz CT molecular complexity index is 419. The van der Waals surface area contributed by atoms with Gasteiger partial charge in [0.1, 0.15) is 0 Å². The van der Waals surface area contributed by atoms with Crippen LogP contribution in [0.25, 0.3) is 0 Å². The Hall–Kier alpha value is -1.38. The monoisotopic (exact) mass is 203 g/mol. The van der Waals surface area contributed by atoms with Crippen LogP contribution in [0.1, 0.15) is 32.1 Å². The van der Waals surface area contributed by atoms with Crippen LogP contribution < -0.4 is 5.32 Å². The molecular formula is C12H13NO2. The lowest BCUT2D eigenvalue weighted by molar-refractivity contribution is -0.128. The van der Waals surface area contributed by atoms with E-state index in [1.54, 1.807) is 0 Å². The second-order valence-corrected chi connectivity index (χ2v) is 4.76. The van der Waals surface area contributed by atoms with E-state index in [1.165, 1.54) is 11.1 Å². The van der Waals surface area contributed by atoms with Crippen LogP contribution in [0, 0.1) is 5.41 Å². The average Bonchev–Trinajstić information content (AvgIpc) is 2.67. The van der Waals surface area contributed by atoms with Gasteiger partial charge in [-0.25, -0.2) is 0 Å². The Balaban J connectivity index is 1.92. The zero-order chi connectivity index (χ0) is 10.5. The maximum atomic E-state index is 11.8. The van der Waals surface area contributed by atoms with E-state index in [1.807, 2.05) is 0 Å². The van der Waals surface area contributed by atoms with E-state index < -0.39 is 5.41 Å². The SMILES string of the molecule is O=C1CC2(CC3=C(CCC=C3)C2)C(=O)N1. The first kappa shape index (κ1) is 8.89. The molecule has 78 valence electrons. The first-order valence-electron chi connectivity index (χ1n) is 5.41. The summed E-state index contributed by atoms with van der Waals surface area (Å²) >= 11 is 0. The second-order valence-electron chi connectivity index (χ2n) is 4.76. The van der Waals surface area contributed by atoms with Crippen molar-refractivity contribution in [2.24, 2.45) is 5.41 Å². The number of carbonyl (C=O) groups excluding carboxylic acids is 2. The highest BCUT2D eigenvalue weighted by molar-refractivity contribution is 6.06. The Morgan fingerprint density at radius 2 is 2.07 bits per heavy atom. The second kappa shape index (κ2) is 2.81. The summed E-state index contributed by atoms with van der Waals surface area (Å²) in [4.78, 5) is 23.0. The molecule has 15 heavy (non-hydrogen) atoms. The predicted octanol–water partition coefficient (Wildman–Crippen LogP) is 1.46. The van der Waals surface area contributed by atoms with Gasteiger partial charge in [-0.3, -0.25) is 14.9 Å². The molecule has 0 aromatic carbocycles. The van der Waals surface area contributed by atoms with Crippen LogP contribution in [0.2, 0.25) is 0 Å². The van der Waals surface area contributed by atoms with Gasteiger partial charge in [0.05, 0.1) is 5.41 Å². The molecule has 3 rings (SSSR count). The number of amides is 2. The minimum Gasteiger partial charge on any atom is -0.296 e. The van der Waals surface area contributed by atoms with Crippen molar-refractivity contribution in [3.63, 3.8) is 0 Å². The molecule has 2 amide bonds. The molecule has 1 unspecified atom stereocenters.